The fourth-order valence-corrected chi connectivity index (χ4v) is 2.06. The van der Waals surface area contributed by atoms with Crippen molar-refractivity contribution in [1.29, 1.82) is 0 Å². The molecule has 0 atom stereocenters. The van der Waals surface area contributed by atoms with Gasteiger partial charge in [0.2, 0.25) is 5.78 Å². The second-order valence-corrected chi connectivity index (χ2v) is 4.56. The molecule has 1 heterocycles. The number of rotatable bonds is 2. The fourth-order valence-electron chi connectivity index (χ4n) is 2.06. The van der Waals surface area contributed by atoms with Crippen LogP contribution >= 0.6 is 0 Å². The molecule has 0 aliphatic rings. The van der Waals surface area contributed by atoms with Crippen LogP contribution in [0.1, 0.15) is 21.7 Å². The molecule has 4 heteroatoms. The molecule has 20 heavy (non-hydrogen) atoms. The van der Waals surface area contributed by atoms with Gasteiger partial charge in [-0.3, -0.25) is 4.79 Å². The second kappa shape index (κ2) is 4.56. The number of halogens is 2. The highest BCUT2D eigenvalue weighted by Crippen LogP contribution is 2.23. The summed E-state index contributed by atoms with van der Waals surface area (Å²) in [4.78, 5) is 12.2. The Morgan fingerprint density at radius 2 is 1.80 bits per heavy atom. The van der Waals surface area contributed by atoms with Crippen LogP contribution in [-0.4, -0.2) is 5.78 Å². The molecule has 3 aromatic rings. The molecule has 0 aliphatic heterocycles. The van der Waals surface area contributed by atoms with Crippen molar-refractivity contribution in [3.63, 3.8) is 0 Å². The third-order valence-electron chi connectivity index (χ3n) is 3.14. The number of fused-ring (bicyclic) bond motifs is 1. The van der Waals surface area contributed by atoms with Gasteiger partial charge in [0.05, 0.1) is 5.56 Å². The van der Waals surface area contributed by atoms with Gasteiger partial charge in [0.15, 0.2) is 5.76 Å². The van der Waals surface area contributed by atoms with E-state index in [9.17, 15) is 13.6 Å². The first-order chi connectivity index (χ1) is 9.56. The van der Waals surface area contributed by atoms with Gasteiger partial charge in [-0.15, -0.1) is 0 Å². The zero-order valence-electron chi connectivity index (χ0n) is 10.6. The lowest BCUT2D eigenvalue weighted by atomic mass is 10.0. The summed E-state index contributed by atoms with van der Waals surface area (Å²) in [5.41, 5.74) is 0.573. The van der Waals surface area contributed by atoms with Crippen molar-refractivity contribution >= 4 is 16.8 Å². The average molecular weight is 272 g/mol. The minimum Gasteiger partial charge on any atom is -0.453 e. The Kier molecular flexibility index (Phi) is 2.86. The summed E-state index contributed by atoms with van der Waals surface area (Å²) in [6, 6.07) is 10.6. The van der Waals surface area contributed by atoms with Gasteiger partial charge in [-0.2, -0.15) is 0 Å². The van der Waals surface area contributed by atoms with E-state index in [0.29, 0.717) is 11.6 Å². The first-order valence-corrected chi connectivity index (χ1v) is 6.05. The van der Waals surface area contributed by atoms with E-state index >= 15 is 0 Å². The lowest BCUT2D eigenvalue weighted by Crippen LogP contribution is -2.04. The zero-order chi connectivity index (χ0) is 14.3. The monoisotopic (exact) mass is 272 g/mol. The Labute approximate surface area is 113 Å². The summed E-state index contributed by atoms with van der Waals surface area (Å²) in [5.74, 6) is -2.12. The third kappa shape index (κ3) is 1.99. The zero-order valence-corrected chi connectivity index (χ0v) is 10.6. The number of carbonyl (C=O) groups excluding carboxylic acids is 1. The van der Waals surface area contributed by atoms with Gasteiger partial charge in [-0.05, 0) is 30.7 Å². The highest BCUT2D eigenvalue weighted by Gasteiger charge is 2.19. The smallest absolute Gasteiger partial charge is 0.231 e. The van der Waals surface area contributed by atoms with E-state index in [2.05, 4.69) is 0 Å². The van der Waals surface area contributed by atoms with Crippen molar-refractivity contribution in [1.82, 2.24) is 0 Å². The quantitative estimate of drug-likeness (QED) is 0.653. The van der Waals surface area contributed by atoms with Crippen LogP contribution in [0, 0.1) is 18.6 Å². The summed E-state index contributed by atoms with van der Waals surface area (Å²) in [7, 11) is 0. The molecular weight excluding hydrogens is 262 g/mol. The molecule has 0 radical (unpaired) electrons. The molecule has 1 aromatic heterocycles. The van der Waals surface area contributed by atoms with Crippen molar-refractivity contribution in [2.45, 2.75) is 6.92 Å². The normalized spacial score (nSPS) is 10.9. The van der Waals surface area contributed by atoms with E-state index in [1.54, 1.807) is 24.3 Å². The number of hydrogen-bond acceptors (Lipinski definition) is 2. The minimum absolute atomic E-state index is 0.0381. The molecule has 2 aromatic carbocycles. The SMILES string of the molecule is Cc1cc(C(=O)c2cc3ccccc3o2)c(F)cc1F. The predicted octanol–water partition coefficient (Wildman–Crippen LogP) is 4.25. The van der Waals surface area contributed by atoms with Gasteiger partial charge < -0.3 is 4.42 Å². The summed E-state index contributed by atoms with van der Waals surface area (Å²) in [6.07, 6.45) is 0. The van der Waals surface area contributed by atoms with E-state index < -0.39 is 17.4 Å². The molecule has 0 fully saturated rings. The van der Waals surface area contributed by atoms with E-state index in [0.717, 1.165) is 5.39 Å². The van der Waals surface area contributed by atoms with Crippen molar-refractivity contribution in [3.8, 4) is 0 Å². The molecule has 0 bridgehead atoms. The molecule has 0 aliphatic carbocycles. The van der Waals surface area contributed by atoms with Crippen LogP contribution in [0.25, 0.3) is 11.0 Å². The molecular formula is C16H10F2O2. The van der Waals surface area contributed by atoms with Crippen LogP contribution in [-0.2, 0) is 0 Å². The molecule has 3 rings (SSSR count). The molecule has 0 saturated heterocycles. The van der Waals surface area contributed by atoms with Crippen LogP contribution in [0.4, 0.5) is 8.78 Å². The standard InChI is InChI=1S/C16H10F2O2/c1-9-6-11(13(18)8-12(9)17)16(19)15-7-10-4-2-3-5-14(10)20-15/h2-8H,1H3. The average Bonchev–Trinajstić information content (AvgIpc) is 2.86. The van der Waals surface area contributed by atoms with Crippen molar-refractivity contribution in [3.05, 3.63) is 71.0 Å². The Morgan fingerprint density at radius 1 is 1.05 bits per heavy atom. The molecule has 0 unspecified atom stereocenters. The summed E-state index contributed by atoms with van der Waals surface area (Å²) >= 11 is 0. The second-order valence-electron chi connectivity index (χ2n) is 4.56. The summed E-state index contributed by atoms with van der Waals surface area (Å²) in [5, 5.41) is 0.759. The molecule has 0 spiro atoms. The van der Waals surface area contributed by atoms with Crippen molar-refractivity contribution in [2.75, 3.05) is 0 Å². The molecule has 0 amide bonds. The van der Waals surface area contributed by atoms with Crippen molar-refractivity contribution in [2.24, 2.45) is 0 Å². The van der Waals surface area contributed by atoms with Gasteiger partial charge >= 0.3 is 0 Å². The summed E-state index contributed by atoms with van der Waals surface area (Å²) < 4.78 is 32.3. The van der Waals surface area contributed by atoms with Gasteiger partial charge in [0.25, 0.3) is 0 Å². The number of para-hydroxylation sites is 1. The first-order valence-electron chi connectivity index (χ1n) is 6.05. The van der Waals surface area contributed by atoms with E-state index in [-0.39, 0.29) is 16.9 Å². The molecule has 0 saturated carbocycles. The molecule has 0 N–H and O–H groups in total. The largest absolute Gasteiger partial charge is 0.453 e. The Balaban J connectivity index is 2.10. The molecule has 100 valence electrons. The number of hydrogen-bond donors (Lipinski definition) is 0. The van der Waals surface area contributed by atoms with Crippen molar-refractivity contribution < 1.29 is 18.0 Å². The maximum absolute atomic E-state index is 13.7. The van der Waals surface area contributed by atoms with E-state index in [4.69, 9.17) is 4.42 Å². The Morgan fingerprint density at radius 3 is 2.55 bits per heavy atom. The van der Waals surface area contributed by atoms with Gasteiger partial charge in [-0.25, -0.2) is 8.78 Å². The third-order valence-corrected chi connectivity index (χ3v) is 3.14. The molecule has 2 nitrogen and oxygen atoms in total. The first kappa shape index (κ1) is 12.5. The number of furan rings is 1. The number of aryl methyl sites for hydroxylation is 1. The number of carbonyl (C=O) groups is 1. The Bertz CT molecular complexity index is 785. The lowest BCUT2D eigenvalue weighted by molar-refractivity contribution is 0.101. The topological polar surface area (TPSA) is 30.2 Å². The fraction of sp³-hybridized carbons (Fsp3) is 0.0625. The summed E-state index contributed by atoms with van der Waals surface area (Å²) in [6.45, 7) is 1.48. The van der Waals surface area contributed by atoms with Gasteiger partial charge in [0, 0.05) is 11.5 Å². The van der Waals surface area contributed by atoms with Gasteiger partial charge in [-0.1, -0.05) is 18.2 Å². The van der Waals surface area contributed by atoms with Crippen LogP contribution in [0.2, 0.25) is 0 Å². The van der Waals surface area contributed by atoms with Crippen LogP contribution in [0.3, 0.4) is 0 Å². The maximum atomic E-state index is 13.7. The van der Waals surface area contributed by atoms with E-state index in [1.807, 2.05) is 6.07 Å². The predicted molar refractivity (Wildman–Crippen MR) is 70.7 cm³/mol. The Hall–Kier alpha value is -2.49. The number of ketones is 1. The van der Waals surface area contributed by atoms with Crippen LogP contribution in [0.5, 0.6) is 0 Å². The number of benzene rings is 2. The van der Waals surface area contributed by atoms with Crippen LogP contribution < -0.4 is 0 Å². The lowest BCUT2D eigenvalue weighted by Gasteiger charge is -2.03. The maximum Gasteiger partial charge on any atom is 0.231 e. The van der Waals surface area contributed by atoms with Crippen LogP contribution in [0.15, 0.2) is 46.9 Å². The highest BCUT2D eigenvalue weighted by molar-refractivity contribution is 6.09. The van der Waals surface area contributed by atoms with E-state index in [1.165, 1.54) is 13.0 Å². The van der Waals surface area contributed by atoms with Gasteiger partial charge in [0.1, 0.15) is 17.2 Å². The highest BCUT2D eigenvalue weighted by atomic mass is 19.1. The minimum atomic E-state index is -0.890.